The Kier molecular flexibility index (Phi) is 4.72. The second-order valence-electron chi connectivity index (χ2n) is 5.32. The quantitative estimate of drug-likeness (QED) is 0.792. The topological polar surface area (TPSA) is 72.7 Å². The number of nitrogens with one attached hydrogen (secondary N) is 1. The third-order valence-corrected chi connectivity index (χ3v) is 4.34. The molecule has 22 heavy (non-hydrogen) atoms. The average molecular weight is 317 g/mol. The molecule has 1 N–H and O–H groups in total. The van der Waals surface area contributed by atoms with Crippen LogP contribution in [0.15, 0.2) is 29.7 Å². The zero-order valence-electron chi connectivity index (χ0n) is 12.5. The molecule has 1 saturated carbocycles. The molecule has 3 rings (SSSR count). The van der Waals surface area contributed by atoms with E-state index in [1.807, 2.05) is 12.1 Å². The van der Waals surface area contributed by atoms with Gasteiger partial charge in [0.25, 0.3) is 0 Å². The molecule has 0 aliphatic heterocycles. The van der Waals surface area contributed by atoms with Crippen molar-refractivity contribution in [1.29, 1.82) is 0 Å². The summed E-state index contributed by atoms with van der Waals surface area (Å²) in [5.74, 6) is 1.28. The molecule has 1 aliphatic carbocycles. The van der Waals surface area contributed by atoms with Crippen LogP contribution in [0.4, 0.5) is 0 Å². The van der Waals surface area contributed by atoms with Crippen LogP contribution in [-0.4, -0.2) is 37.5 Å². The zero-order valence-corrected chi connectivity index (χ0v) is 13.3. The fourth-order valence-electron chi connectivity index (χ4n) is 2.16. The Balaban J connectivity index is 1.73. The van der Waals surface area contributed by atoms with Crippen LogP contribution in [0.5, 0.6) is 0 Å². The molecule has 2 heterocycles. The summed E-state index contributed by atoms with van der Waals surface area (Å²) in [6.07, 6.45) is 6.69. The Hall–Kier alpha value is -1.89. The van der Waals surface area contributed by atoms with Crippen LogP contribution in [0.1, 0.15) is 26.2 Å². The highest BCUT2D eigenvalue weighted by Crippen LogP contribution is 2.24. The molecule has 0 spiro atoms. The van der Waals surface area contributed by atoms with Gasteiger partial charge in [0.1, 0.15) is 0 Å². The molecule has 0 aromatic carbocycles. The highest BCUT2D eigenvalue weighted by molar-refractivity contribution is 7.99. The van der Waals surface area contributed by atoms with Crippen LogP contribution in [0.3, 0.4) is 0 Å². The van der Waals surface area contributed by atoms with Crippen LogP contribution in [0.25, 0.3) is 11.4 Å². The molecule has 0 atom stereocenters. The summed E-state index contributed by atoms with van der Waals surface area (Å²) in [5.41, 5.74) is 0.991. The van der Waals surface area contributed by atoms with Gasteiger partial charge in [-0.05, 0) is 31.4 Å². The monoisotopic (exact) mass is 317 g/mol. The highest BCUT2D eigenvalue weighted by Gasteiger charge is 2.23. The summed E-state index contributed by atoms with van der Waals surface area (Å²) < 4.78 is 2.07. The third-order valence-electron chi connectivity index (χ3n) is 3.38. The molecule has 1 aliphatic rings. The Morgan fingerprint density at radius 2 is 2.14 bits per heavy atom. The minimum Gasteiger partial charge on any atom is -0.353 e. The summed E-state index contributed by atoms with van der Waals surface area (Å²) in [7, 11) is 0. The van der Waals surface area contributed by atoms with Crippen molar-refractivity contribution in [1.82, 2.24) is 25.1 Å². The van der Waals surface area contributed by atoms with Crippen molar-refractivity contribution in [3.63, 3.8) is 0 Å². The molecule has 7 heteroatoms. The molecule has 2 aromatic heterocycles. The number of amides is 1. The van der Waals surface area contributed by atoms with Gasteiger partial charge in [0.2, 0.25) is 5.91 Å². The molecule has 0 saturated heterocycles. The minimum absolute atomic E-state index is 0.0732. The summed E-state index contributed by atoms with van der Waals surface area (Å²) >= 11 is 1.44. The van der Waals surface area contributed by atoms with E-state index < -0.39 is 0 Å². The summed E-state index contributed by atoms with van der Waals surface area (Å²) in [6.45, 7) is 2.95. The van der Waals surface area contributed by atoms with Gasteiger partial charge in [0.15, 0.2) is 11.0 Å². The number of rotatable bonds is 7. The van der Waals surface area contributed by atoms with Crippen molar-refractivity contribution in [2.45, 2.75) is 43.9 Å². The first-order chi connectivity index (χ1) is 10.8. The van der Waals surface area contributed by atoms with E-state index >= 15 is 0 Å². The van der Waals surface area contributed by atoms with Crippen molar-refractivity contribution in [2.75, 3.05) is 5.75 Å². The van der Waals surface area contributed by atoms with Gasteiger partial charge in [0, 0.05) is 30.5 Å². The van der Waals surface area contributed by atoms with Gasteiger partial charge in [-0.1, -0.05) is 18.7 Å². The van der Waals surface area contributed by atoms with E-state index in [1.165, 1.54) is 11.8 Å². The summed E-state index contributed by atoms with van der Waals surface area (Å²) in [5, 5.41) is 12.3. The first-order valence-electron chi connectivity index (χ1n) is 7.53. The molecule has 0 radical (unpaired) electrons. The first-order valence-corrected chi connectivity index (χ1v) is 8.52. The second-order valence-corrected chi connectivity index (χ2v) is 6.27. The number of hydrogen-bond donors (Lipinski definition) is 1. The summed E-state index contributed by atoms with van der Waals surface area (Å²) in [6, 6.07) is 4.24. The van der Waals surface area contributed by atoms with Gasteiger partial charge in [0.05, 0.1) is 5.75 Å². The zero-order chi connectivity index (χ0) is 15.4. The minimum atomic E-state index is 0.0732. The van der Waals surface area contributed by atoms with Crippen molar-refractivity contribution in [3.05, 3.63) is 24.5 Å². The normalized spacial score (nSPS) is 14.0. The Morgan fingerprint density at radius 3 is 2.82 bits per heavy atom. The number of nitrogens with zero attached hydrogens (tertiary/aromatic N) is 4. The lowest BCUT2D eigenvalue weighted by atomic mass is 10.2. The van der Waals surface area contributed by atoms with E-state index in [0.29, 0.717) is 11.8 Å². The number of carbonyl (C=O) groups excluding carboxylic acids is 1. The Morgan fingerprint density at radius 1 is 1.36 bits per heavy atom. The average Bonchev–Trinajstić information content (AvgIpc) is 3.26. The van der Waals surface area contributed by atoms with Crippen molar-refractivity contribution in [3.8, 4) is 11.4 Å². The maximum absolute atomic E-state index is 11.8. The second kappa shape index (κ2) is 6.91. The van der Waals surface area contributed by atoms with Gasteiger partial charge in [-0.3, -0.25) is 9.78 Å². The fourth-order valence-corrected chi connectivity index (χ4v) is 2.94. The molecule has 0 bridgehead atoms. The van der Waals surface area contributed by atoms with Crippen LogP contribution >= 0.6 is 11.8 Å². The van der Waals surface area contributed by atoms with Gasteiger partial charge in [-0.25, -0.2) is 0 Å². The van der Waals surface area contributed by atoms with Gasteiger partial charge < -0.3 is 9.88 Å². The molecule has 0 unspecified atom stereocenters. The van der Waals surface area contributed by atoms with Gasteiger partial charge in [-0.2, -0.15) is 0 Å². The molecule has 1 amide bonds. The lowest BCUT2D eigenvalue weighted by Gasteiger charge is -2.08. The number of hydrogen-bond acceptors (Lipinski definition) is 5. The third kappa shape index (κ3) is 3.65. The predicted octanol–water partition coefficient (Wildman–Crippen LogP) is 2.12. The van der Waals surface area contributed by atoms with Crippen LogP contribution in [0, 0.1) is 0 Å². The maximum Gasteiger partial charge on any atom is 0.230 e. The van der Waals surface area contributed by atoms with E-state index in [0.717, 1.165) is 42.4 Å². The SMILES string of the molecule is CCCn1c(SCC(=O)NC2CC2)nnc1-c1ccncc1. The largest absolute Gasteiger partial charge is 0.353 e. The van der Waals surface area contributed by atoms with E-state index in [2.05, 4.69) is 32.0 Å². The van der Waals surface area contributed by atoms with Crippen molar-refractivity contribution < 1.29 is 4.79 Å². The molecule has 2 aromatic rings. The van der Waals surface area contributed by atoms with E-state index in [1.54, 1.807) is 12.4 Å². The smallest absolute Gasteiger partial charge is 0.230 e. The van der Waals surface area contributed by atoms with E-state index in [4.69, 9.17) is 0 Å². The van der Waals surface area contributed by atoms with Crippen molar-refractivity contribution >= 4 is 17.7 Å². The first kappa shape index (κ1) is 15.0. The Labute approximate surface area is 133 Å². The van der Waals surface area contributed by atoms with Crippen LogP contribution in [-0.2, 0) is 11.3 Å². The van der Waals surface area contributed by atoms with Gasteiger partial charge >= 0.3 is 0 Å². The van der Waals surface area contributed by atoms with E-state index in [9.17, 15) is 4.79 Å². The van der Waals surface area contributed by atoms with E-state index in [-0.39, 0.29) is 5.91 Å². The predicted molar refractivity (Wildman–Crippen MR) is 85.4 cm³/mol. The number of thioether (sulfide) groups is 1. The van der Waals surface area contributed by atoms with Crippen molar-refractivity contribution in [2.24, 2.45) is 0 Å². The number of pyridine rings is 1. The highest BCUT2D eigenvalue weighted by atomic mass is 32.2. The lowest BCUT2D eigenvalue weighted by Crippen LogP contribution is -2.27. The number of carbonyl (C=O) groups is 1. The maximum atomic E-state index is 11.8. The summed E-state index contributed by atoms with van der Waals surface area (Å²) in [4.78, 5) is 15.8. The van der Waals surface area contributed by atoms with Crippen LogP contribution in [0.2, 0.25) is 0 Å². The lowest BCUT2D eigenvalue weighted by molar-refractivity contribution is -0.118. The molecule has 6 nitrogen and oxygen atoms in total. The molecule has 116 valence electrons. The molecular formula is C15H19N5OS. The Bertz CT molecular complexity index is 639. The van der Waals surface area contributed by atoms with Gasteiger partial charge in [-0.15, -0.1) is 10.2 Å². The number of aromatic nitrogens is 4. The van der Waals surface area contributed by atoms with Crippen LogP contribution < -0.4 is 5.32 Å². The molecule has 1 fully saturated rings. The standard InChI is InChI=1S/C15H19N5OS/c1-2-9-20-14(11-5-7-16-8-6-11)18-19-15(20)22-10-13(21)17-12-3-4-12/h5-8,12H,2-4,9-10H2,1H3,(H,17,21). The fraction of sp³-hybridized carbons (Fsp3) is 0.467. The molecular weight excluding hydrogens is 298 g/mol.